The first-order chi connectivity index (χ1) is 14.9. The topological polar surface area (TPSA) is 82.5 Å². The van der Waals surface area contributed by atoms with Gasteiger partial charge in [-0.3, -0.25) is 5.32 Å². The number of nitrogens with one attached hydrogen (secondary N) is 1. The van der Waals surface area contributed by atoms with Crippen LogP contribution in [0.25, 0.3) is 10.9 Å². The number of aromatic nitrogens is 2. The van der Waals surface area contributed by atoms with Crippen LogP contribution in [0.2, 0.25) is 0 Å². The number of halogens is 3. The van der Waals surface area contributed by atoms with Crippen molar-refractivity contribution in [2.75, 3.05) is 12.4 Å². The highest BCUT2D eigenvalue weighted by Crippen LogP contribution is 2.32. The number of alkyl halides is 3. The van der Waals surface area contributed by atoms with Gasteiger partial charge in [0.2, 0.25) is 0 Å². The molecule has 0 bridgehead atoms. The molecule has 1 amide bonds. The fourth-order valence-corrected chi connectivity index (χ4v) is 3.14. The number of rotatable bonds is 4. The second-order valence-corrected chi connectivity index (χ2v) is 8.00. The van der Waals surface area contributed by atoms with Gasteiger partial charge in [0.05, 0.1) is 30.1 Å². The summed E-state index contributed by atoms with van der Waals surface area (Å²) >= 11 is 0. The number of hydrogen-bond donors (Lipinski definition) is 1. The fourth-order valence-electron chi connectivity index (χ4n) is 3.14. The highest BCUT2D eigenvalue weighted by molar-refractivity contribution is 5.99. The third kappa shape index (κ3) is 5.01. The van der Waals surface area contributed by atoms with Crippen LogP contribution in [0.5, 0.6) is 0 Å². The molecule has 170 valence electrons. The summed E-state index contributed by atoms with van der Waals surface area (Å²) in [7, 11) is 1.18. The number of anilines is 1. The number of nitrogens with zero attached hydrogens (tertiary/aromatic N) is 2. The number of carbonyl (C=O) groups is 2. The zero-order valence-electron chi connectivity index (χ0n) is 17.9. The minimum absolute atomic E-state index is 0.264. The molecule has 2 aromatic carbocycles. The molecule has 1 aromatic heterocycles. The molecule has 0 fully saturated rings. The molecule has 0 saturated heterocycles. The summed E-state index contributed by atoms with van der Waals surface area (Å²) in [4.78, 5) is 24.7. The summed E-state index contributed by atoms with van der Waals surface area (Å²) in [5, 5.41) is 7.41. The quantitative estimate of drug-likeness (QED) is 0.556. The Balaban J connectivity index is 2.02. The predicted molar refractivity (Wildman–Crippen MR) is 111 cm³/mol. The minimum atomic E-state index is -4.50. The van der Waals surface area contributed by atoms with Crippen molar-refractivity contribution in [3.63, 3.8) is 0 Å². The van der Waals surface area contributed by atoms with Crippen molar-refractivity contribution >= 4 is 28.7 Å². The number of amides is 1. The molecule has 0 aliphatic carbocycles. The van der Waals surface area contributed by atoms with Crippen LogP contribution in [0.4, 0.5) is 23.7 Å². The van der Waals surface area contributed by atoms with Crippen molar-refractivity contribution < 1.29 is 32.2 Å². The third-order valence-electron chi connectivity index (χ3n) is 4.50. The van der Waals surface area contributed by atoms with Gasteiger partial charge in [-0.05, 0) is 50.6 Å². The van der Waals surface area contributed by atoms with Crippen LogP contribution >= 0.6 is 0 Å². The molecule has 1 N–H and O–H groups in total. The average Bonchev–Trinajstić information content (AvgIpc) is 3.11. The van der Waals surface area contributed by atoms with E-state index in [2.05, 4.69) is 10.4 Å². The zero-order chi connectivity index (χ0) is 23.7. The lowest BCUT2D eigenvalue weighted by Gasteiger charge is -2.20. The van der Waals surface area contributed by atoms with Gasteiger partial charge in [-0.25, -0.2) is 14.3 Å². The van der Waals surface area contributed by atoms with E-state index >= 15 is 0 Å². The molecule has 32 heavy (non-hydrogen) atoms. The van der Waals surface area contributed by atoms with Crippen molar-refractivity contribution in [3.8, 4) is 0 Å². The van der Waals surface area contributed by atoms with Gasteiger partial charge in [-0.1, -0.05) is 18.2 Å². The van der Waals surface area contributed by atoms with Crippen LogP contribution in [-0.2, 0) is 20.4 Å². The first-order valence-electron chi connectivity index (χ1n) is 9.62. The van der Waals surface area contributed by atoms with Gasteiger partial charge >= 0.3 is 18.2 Å². The van der Waals surface area contributed by atoms with Gasteiger partial charge in [0, 0.05) is 5.39 Å². The molecule has 3 aromatic rings. The molecule has 3 rings (SSSR count). The normalized spacial score (nSPS) is 13.0. The molecule has 10 heteroatoms. The summed E-state index contributed by atoms with van der Waals surface area (Å²) in [6.45, 7) is 5.20. The molecule has 0 saturated carbocycles. The highest BCUT2D eigenvalue weighted by atomic mass is 19.4. The van der Waals surface area contributed by atoms with Crippen molar-refractivity contribution in [1.29, 1.82) is 0 Å². The lowest BCUT2D eigenvalue weighted by atomic mass is 10.0. The maximum absolute atomic E-state index is 12.9. The van der Waals surface area contributed by atoms with Crippen molar-refractivity contribution in [3.05, 3.63) is 59.8 Å². The number of benzene rings is 2. The van der Waals surface area contributed by atoms with Gasteiger partial charge < -0.3 is 9.47 Å². The number of methoxy groups -OCH3 is 1. The summed E-state index contributed by atoms with van der Waals surface area (Å²) in [5.74, 6) is -0.708. The van der Waals surface area contributed by atoms with E-state index in [0.29, 0.717) is 16.6 Å². The van der Waals surface area contributed by atoms with E-state index < -0.39 is 35.4 Å². The summed E-state index contributed by atoms with van der Waals surface area (Å²) in [6.07, 6.45) is -3.72. The predicted octanol–water partition coefficient (Wildman–Crippen LogP) is 5.16. The van der Waals surface area contributed by atoms with Gasteiger partial charge in [0.15, 0.2) is 6.04 Å². The number of hydrogen-bond acceptors (Lipinski definition) is 5. The second kappa shape index (κ2) is 8.52. The Hall–Kier alpha value is -3.56. The van der Waals surface area contributed by atoms with E-state index in [9.17, 15) is 22.8 Å². The summed E-state index contributed by atoms with van der Waals surface area (Å²) in [5.41, 5.74) is -0.395. The Bertz CT molecular complexity index is 1130. The zero-order valence-corrected chi connectivity index (χ0v) is 17.9. The van der Waals surface area contributed by atoms with Crippen molar-refractivity contribution in [2.45, 2.75) is 38.6 Å². The SMILES string of the molecule is COC(=O)C(c1ccc(C(F)(F)F)cc1)n1ncc2c(NC(=O)OC(C)(C)C)cccc21. The van der Waals surface area contributed by atoms with E-state index in [1.54, 1.807) is 39.0 Å². The van der Waals surface area contributed by atoms with E-state index in [0.717, 1.165) is 12.1 Å². The van der Waals surface area contributed by atoms with Gasteiger partial charge in [-0.2, -0.15) is 18.3 Å². The monoisotopic (exact) mass is 449 g/mol. The van der Waals surface area contributed by atoms with Crippen molar-refractivity contribution in [1.82, 2.24) is 9.78 Å². The van der Waals surface area contributed by atoms with E-state index in [4.69, 9.17) is 9.47 Å². The third-order valence-corrected chi connectivity index (χ3v) is 4.50. The van der Waals surface area contributed by atoms with E-state index in [-0.39, 0.29) is 5.56 Å². The Morgan fingerprint density at radius 2 is 1.72 bits per heavy atom. The Morgan fingerprint density at radius 3 is 2.28 bits per heavy atom. The molecule has 1 unspecified atom stereocenters. The molecule has 0 aliphatic heterocycles. The first-order valence-corrected chi connectivity index (χ1v) is 9.62. The summed E-state index contributed by atoms with van der Waals surface area (Å²) in [6, 6.07) is 8.04. The molecular formula is C22H22F3N3O4. The van der Waals surface area contributed by atoms with Crippen LogP contribution in [0.3, 0.4) is 0 Å². The van der Waals surface area contributed by atoms with Crippen LogP contribution in [0.1, 0.15) is 37.9 Å². The smallest absolute Gasteiger partial charge is 0.416 e. The van der Waals surface area contributed by atoms with Crippen LogP contribution in [0, 0.1) is 0 Å². The maximum Gasteiger partial charge on any atom is 0.416 e. The first kappa shape index (κ1) is 23.1. The number of ether oxygens (including phenoxy) is 2. The number of carbonyl (C=O) groups excluding carboxylic acids is 2. The fraction of sp³-hybridized carbons (Fsp3) is 0.318. The average molecular weight is 449 g/mol. The maximum atomic E-state index is 12.9. The molecule has 1 heterocycles. The summed E-state index contributed by atoms with van der Waals surface area (Å²) < 4.78 is 50.3. The lowest BCUT2D eigenvalue weighted by Crippen LogP contribution is -2.27. The molecular weight excluding hydrogens is 427 g/mol. The largest absolute Gasteiger partial charge is 0.467 e. The number of esters is 1. The lowest BCUT2D eigenvalue weighted by molar-refractivity contribution is -0.143. The molecule has 0 aliphatic rings. The van der Waals surface area contributed by atoms with Gasteiger partial charge in [-0.15, -0.1) is 0 Å². The molecule has 0 spiro atoms. The van der Waals surface area contributed by atoms with Gasteiger partial charge in [0.25, 0.3) is 0 Å². The molecule has 7 nitrogen and oxygen atoms in total. The van der Waals surface area contributed by atoms with Gasteiger partial charge in [0.1, 0.15) is 5.60 Å². The van der Waals surface area contributed by atoms with Crippen LogP contribution < -0.4 is 5.32 Å². The Kier molecular flexibility index (Phi) is 6.16. The van der Waals surface area contributed by atoms with Crippen LogP contribution in [0.15, 0.2) is 48.7 Å². The van der Waals surface area contributed by atoms with Crippen molar-refractivity contribution in [2.24, 2.45) is 0 Å². The molecule has 1 atom stereocenters. The van der Waals surface area contributed by atoms with E-state index in [1.807, 2.05) is 0 Å². The highest BCUT2D eigenvalue weighted by Gasteiger charge is 2.32. The van der Waals surface area contributed by atoms with E-state index in [1.165, 1.54) is 30.1 Å². The molecule has 0 radical (unpaired) electrons. The standard InChI is InChI=1S/C22H22F3N3O4/c1-21(2,3)32-20(30)27-16-6-5-7-17-15(16)12-26-28(17)18(19(29)31-4)13-8-10-14(11-9-13)22(23,24)25/h5-12,18H,1-4H3,(H,27,30). The second-order valence-electron chi connectivity index (χ2n) is 8.00. The number of fused-ring (bicyclic) bond motifs is 1. The Morgan fingerprint density at radius 1 is 1.06 bits per heavy atom. The minimum Gasteiger partial charge on any atom is -0.467 e. The van der Waals surface area contributed by atoms with Crippen LogP contribution in [-0.4, -0.2) is 34.6 Å². The Labute approximate surface area is 182 Å².